The summed E-state index contributed by atoms with van der Waals surface area (Å²) in [6, 6.07) is 0. The van der Waals surface area contributed by atoms with E-state index in [1.165, 1.54) is 0 Å². The van der Waals surface area contributed by atoms with Gasteiger partial charge in [-0.05, 0) is 53.1 Å². The predicted octanol–water partition coefficient (Wildman–Crippen LogP) is 9.61. The second-order valence-corrected chi connectivity index (χ2v) is 14.9. The average Bonchev–Trinajstić information content (AvgIpc) is 3.44. The first-order valence-corrected chi connectivity index (χ1v) is 17.0. The van der Waals surface area contributed by atoms with Gasteiger partial charge in [0.25, 0.3) is 0 Å². The van der Waals surface area contributed by atoms with Gasteiger partial charge in [-0.1, -0.05) is 53.2 Å². The van der Waals surface area contributed by atoms with Crippen molar-refractivity contribution in [1.82, 2.24) is 14.8 Å². The number of carbonyl (C=O) groups is 2. The van der Waals surface area contributed by atoms with Gasteiger partial charge in [-0.3, -0.25) is 9.59 Å². The van der Waals surface area contributed by atoms with E-state index < -0.39 is 70.0 Å². The molecule has 303 valence electrons. The van der Waals surface area contributed by atoms with E-state index in [1.54, 1.807) is 4.45 Å². The van der Waals surface area contributed by atoms with Crippen LogP contribution in [0.15, 0.2) is 6.20 Å². The molecule has 1 radical (unpaired) electrons. The summed E-state index contributed by atoms with van der Waals surface area (Å²) in [5.41, 5.74) is -0.967. The molecule has 0 saturated carbocycles. The molecule has 1 aromatic rings. The van der Waals surface area contributed by atoms with Crippen molar-refractivity contribution in [1.29, 1.82) is 0 Å². The van der Waals surface area contributed by atoms with Crippen molar-refractivity contribution in [3.8, 4) is 0 Å². The maximum Gasteiger partial charge on any atom is 0.473 e. The summed E-state index contributed by atoms with van der Waals surface area (Å²) in [6.45, 7) is 4.46. The first-order chi connectivity index (χ1) is 22.8. The number of aromatic nitrogens is 3. The summed E-state index contributed by atoms with van der Waals surface area (Å²) in [4.78, 5) is 24.9. The van der Waals surface area contributed by atoms with E-state index in [1.807, 2.05) is 12.9 Å². The minimum absolute atomic E-state index is 0. The second kappa shape index (κ2) is 18.0. The number of esters is 2. The second-order valence-electron chi connectivity index (χ2n) is 12.3. The molecule has 0 aliphatic heterocycles. The number of rotatable bonds is 21. The van der Waals surface area contributed by atoms with E-state index in [4.69, 9.17) is 4.74 Å². The quantitative estimate of drug-likeness (QED) is 0.0402. The first-order valence-electron chi connectivity index (χ1n) is 14.8. The molecule has 0 aliphatic carbocycles. The van der Waals surface area contributed by atoms with Gasteiger partial charge in [0.2, 0.25) is 0 Å². The molecule has 1 heterocycles. The molecule has 0 aromatic carbocycles. The molecule has 7 nitrogen and oxygen atoms in total. The van der Waals surface area contributed by atoms with Crippen molar-refractivity contribution in [2.24, 2.45) is 5.41 Å². The summed E-state index contributed by atoms with van der Waals surface area (Å²) < 4.78 is 208. The van der Waals surface area contributed by atoms with E-state index in [9.17, 15) is 75.4 Å². The molecule has 0 fully saturated rings. The van der Waals surface area contributed by atoms with Gasteiger partial charge in [0.1, 0.15) is 4.32 Å². The number of halogens is 16. The zero-order valence-electron chi connectivity index (χ0n) is 27.6. The van der Waals surface area contributed by atoms with E-state index in [-0.39, 0.29) is 25.2 Å². The molecule has 25 heteroatoms. The van der Waals surface area contributed by atoms with E-state index in [0.29, 0.717) is 28.5 Å². The van der Waals surface area contributed by atoms with Crippen molar-refractivity contribution in [2.45, 2.75) is 125 Å². The Morgan fingerprint density at radius 1 is 0.712 bits per heavy atom. The number of ether oxygens (including phenoxy) is 2. The molecule has 0 spiro atoms. The van der Waals surface area contributed by atoms with Crippen molar-refractivity contribution in [3.63, 3.8) is 0 Å². The van der Waals surface area contributed by atoms with Gasteiger partial charge in [-0.2, -0.15) is 65.9 Å². The van der Waals surface area contributed by atoms with Crippen LogP contribution in [0.2, 0.25) is 0 Å². The van der Waals surface area contributed by atoms with Crippen LogP contribution in [0.3, 0.4) is 0 Å². The fourth-order valence-electron chi connectivity index (χ4n) is 4.39. The van der Waals surface area contributed by atoms with Gasteiger partial charge in [0, 0.05) is 27.3 Å². The molecule has 0 N–H and O–H groups in total. The Kier molecular flexibility index (Phi) is 17.5. The zero-order valence-corrected chi connectivity index (χ0v) is 31.6. The Hall–Kier alpha value is -1.48. The molecular weight excluding hydrogens is 877 g/mol. The fraction of sp³-hybridized carbons (Fsp3) is 0.852. The minimum atomic E-state index is -8.53. The molecule has 1 rings (SSSR count). The van der Waals surface area contributed by atoms with Crippen LogP contribution >= 0.6 is 24.7 Å². The number of hydrogen-bond donors (Lipinski definition) is 0. The molecule has 0 saturated heterocycles. The first kappa shape index (κ1) is 50.5. The van der Waals surface area contributed by atoms with Gasteiger partial charge in [0.05, 0.1) is 23.9 Å². The maximum absolute atomic E-state index is 14.2. The smallest absolute Gasteiger partial charge is 0.465 e. The third-order valence-electron chi connectivity index (χ3n) is 7.35. The minimum Gasteiger partial charge on any atom is -0.465 e. The number of carbonyl (C=O) groups excluding carboxylic acids is 2. The summed E-state index contributed by atoms with van der Waals surface area (Å²) in [5.74, 6) is -45.3. The van der Waals surface area contributed by atoms with Gasteiger partial charge >= 0.3 is 53.8 Å². The number of nitrogens with zero attached hydrogens (tertiary/aromatic N) is 3. The topological polar surface area (TPSA) is 83.3 Å². The van der Waals surface area contributed by atoms with Crippen molar-refractivity contribution in [3.05, 3.63) is 11.9 Å². The third kappa shape index (κ3) is 11.1. The van der Waals surface area contributed by atoms with Crippen LogP contribution in [0.1, 0.15) is 77.8 Å². The van der Waals surface area contributed by atoms with Crippen LogP contribution in [-0.2, 0) is 44.0 Å². The molecule has 0 amide bonds. The Bertz CT molecular complexity index is 1330. The standard InChI is InChI=1S/C27H34BrF15N3O4P.V/c1-19(2,17(47)49-13-11-9-7-5-6-8-10-12-16-14-46(51-4)45-44-16)15-20(3,28)18(48)50-27(42,43)25(37,38)23(33,34)21(29,30)22(31,32)24(35,36)26(39,40)41;/h14,51H,5-13,15H2,1-4H3;. The fourth-order valence-corrected chi connectivity index (χ4v) is 5.58. The Balaban J connectivity index is 0.0000260. The number of unbranched alkanes of at least 4 members (excludes halogenated alkanes) is 6. The van der Waals surface area contributed by atoms with Crippen LogP contribution in [0.25, 0.3) is 0 Å². The van der Waals surface area contributed by atoms with E-state index >= 15 is 0 Å². The summed E-state index contributed by atoms with van der Waals surface area (Å²) in [7, 11) is 0.481. The van der Waals surface area contributed by atoms with Gasteiger partial charge in [-0.25, -0.2) is 4.45 Å². The molecule has 52 heavy (non-hydrogen) atoms. The molecular formula is C27H34BrF15N3O4PV. The third-order valence-corrected chi connectivity index (χ3v) is 8.63. The number of hydrogen-bond acceptors (Lipinski definition) is 6. The molecule has 1 aromatic heterocycles. The largest absolute Gasteiger partial charge is 0.473 e. The van der Waals surface area contributed by atoms with E-state index in [2.05, 4.69) is 31.0 Å². The van der Waals surface area contributed by atoms with Crippen molar-refractivity contribution >= 4 is 36.6 Å². The average molecular weight is 911 g/mol. The maximum atomic E-state index is 14.2. The number of aryl methyl sites for hydroxylation is 1. The summed E-state index contributed by atoms with van der Waals surface area (Å²) in [6.07, 6.45) is -7.94. The van der Waals surface area contributed by atoms with Gasteiger partial charge in [0.15, 0.2) is 0 Å². The molecule has 0 aliphatic rings. The van der Waals surface area contributed by atoms with Crippen molar-refractivity contribution in [2.75, 3.05) is 13.3 Å². The predicted molar refractivity (Wildman–Crippen MR) is 154 cm³/mol. The molecule has 2 atom stereocenters. The van der Waals surface area contributed by atoms with Crippen LogP contribution < -0.4 is 0 Å². The normalized spacial score (nSPS) is 15.4. The van der Waals surface area contributed by atoms with Gasteiger partial charge in [-0.15, -0.1) is 5.10 Å². The van der Waals surface area contributed by atoms with Crippen LogP contribution in [0, 0.1) is 5.41 Å². The number of alkyl halides is 16. The Morgan fingerprint density at radius 2 is 1.15 bits per heavy atom. The Morgan fingerprint density at radius 3 is 1.62 bits per heavy atom. The summed E-state index contributed by atoms with van der Waals surface area (Å²) >= 11 is 2.44. The summed E-state index contributed by atoms with van der Waals surface area (Å²) in [5, 5.41) is 8.01. The monoisotopic (exact) mass is 910 g/mol. The van der Waals surface area contributed by atoms with Gasteiger partial charge < -0.3 is 9.47 Å². The van der Waals surface area contributed by atoms with E-state index in [0.717, 1.165) is 58.1 Å². The Labute approximate surface area is 309 Å². The zero-order chi connectivity index (χ0) is 40.1. The molecule has 0 bridgehead atoms. The van der Waals surface area contributed by atoms with Crippen LogP contribution in [-0.4, -0.2) is 86.2 Å². The molecule has 2 unspecified atom stereocenters. The van der Waals surface area contributed by atoms with Crippen LogP contribution in [0.5, 0.6) is 0 Å². The van der Waals surface area contributed by atoms with Crippen LogP contribution in [0.4, 0.5) is 65.9 Å². The SMILES string of the molecule is CPn1cc(CCCCCCCCCOC(=O)C(C)(C)CC(C)(Br)C(=O)OC(F)(F)C(F)(F)C(F)(F)C(F)(F)C(F)(F)C(F)(F)C(F)(F)F)nn1.[V]. The van der Waals surface area contributed by atoms with Crippen molar-refractivity contribution < 1.29 is 103 Å².